The summed E-state index contributed by atoms with van der Waals surface area (Å²) < 4.78 is 75.1. The fourth-order valence-electron chi connectivity index (χ4n) is 4.57. The number of aryl methyl sites for hydroxylation is 1. The molecule has 0 saturated carbocycles. The minimum absolute atomic E-state index is 0.0314. The molecule has 1 aliphatic rings. The number of aromatic amines is 1. The van der Waals surface area contributed by atoms with Gasteiger partial charge in [0.05, 0.1) is 18.3 Å². The number of fused-ring (bicyclic) bond motifs is 2. The first-order chi connectivity index (χ1) is 16.4. The zero-order chi connectivity index (χ0) is 25.4. The van der Waals surface area contributed by atoms with E-state index < -0.39 is 35.6 Å². The van der Waals surface area contributed by atoms with Gasteiger partial charge in [-0.2, -0.15) is 22.0 Å². The zero-order valence-corrected chi connectivity index (χ0v) is 18.7. The van der Waals surface area contributed by atoms with Crippen LogP contribution in [0.3, 0.4) is 0 Å². The van der Waals surface area contributed by atoms with Gasteiger partial charge in [0.15, 0.2) is 5.60 Å². The van der Waals surface area contributed by atoms with Crippen molar-refractivity contribution < 1.29 is 31.8 Å². The lowest BCUT2D eigenvalue weighted by molar-refractivity contribution is -0.327. The van der Waals surface area contributed by atoms with Gasteiger partial charge in [0.1, 0.15) is 5.75 Å². The molecule has 1 aliphatic carbocycles. The van der Waals surface area contributed by atoms with E-state index in [-0.39, 0.29) is 11.9 Å². The molecular weight excluding hydrogens is 471 g/mol. The highest BCUT2D eigenvalue weighted by Crippen LogP contribution is 2.48. The second-order valence-electron chi connectivity index (χ2n) is 8.67. The lowest BCUT2D eigenvalue weighted by atomic mass is 9.75. The Kier molecular flexibility index (Phi) is 6.44. The largest absolute Gasteiger partial charge is 0.497 e. The first kappa shape index (κ1) is 24.8. The van der Waals surface area contributed by atoms with Crippen LogP contribution in [0.5, 0.6) is 5.75 Å². The quantitative estimate of drug-likeness (QED) is 0.342. The molecule has 2 atom stereocenters. The molecule has 0 saturated heterocycles. The van der Waals surface area contributed by atoms with Crippen molar-refractivity contribution in [2.45, 2.75) is 49.3 Å². The Bertz CT molecular complexity index is 1320. The third kappa shape index (κ3) is 4.67. The molecule has 35 heavy (non-hydrogen) atoms. The lowest BCUT2D eigenvalue weighted by Crippen LogP contribution is -2.58. The Labute approximate surface area is 197 Å². The number of nitrogens with zero attached hydrogens (tertiary/aromatic N) is 1. The maximum Gasteiger partial charge on any atom is 0.456 e. The van der Waals surface area contributed by atoms with Gasteiger partial charge < -0.3 is 14.8 Å². The molecule has 0 spiro atoms. The third-order valence-corrected chi connectivity index (χ3v) is 6.41. The normalized spacial score (nSPS) is 18.4. The molecule has 0 bridgehead atoms. The number of aromatic nitrogens is 1. The monoisotopic (exact) mass is 494 g/mol. The van der Waals surface area contributed by atoms with Gasteiger partial charge in [0, 0.05) is 17.7 Å². The van der Waals surface area contributed by atoms with Crippen molar-refractivity contribution in [3.63, 3.8) is 0 Å². The summed E-state index contributed by atoms with van der Waals surface area (Å²) in [5.74, 6) is -5.67. The van der Waals surface area contributed by atoms with Crippen LogP contribution in [0.2, 0.25) is 0 Å². The van der Waals surface area contributed by atoms with Crippen LogP contribution in [-0.4, -0.2) is 41.1 Å². The number of alkyl halides is 5. The lowest BCUT2D eigenvalue weighted by Gasteiger charge is -2.38. The Morgan fingerprint density at radius 2 is 1.91 bits per heavy atom. The van der Waals surface area contributed by atoms with Gasteiger partial charge >= 0.3 is 12.1 Å². The molecule has 2 N–H and O–H groups in total. The number of H-pyrrole nitrogens is 1. The number of methoxy groups -OCH3 is 1. The molecule has 1 aromatic heterocycles. The van der Waals surface area contributed by atoms with Crippen molar-refractivity contribution >= 4 is 22.8 Å². The van der Waals surface area contributed by atoms with Crippen molar-refractivity contribution in [3.8, 4) is 5.75 Å². The highest BCUT2D eigenvalue weighted by Gasteiger charge is 2.69. The standard InChI is InChI=1S/C25H23F5N2O3/c1-35-17-8-9-18-15(12-17)4-2-5-16(18)13-23(34,24(26,27)25(28,29)30)14-31-20-6-3-7-21-19(20)10-11-22(33)32-21/h3,6-12,14,16,34H,2,4-5,13H2,1H3,(H,32,33)/b31-14+. The van der Waals surface area contributed by atoms with Gasteiger partial charge in [-0.3, -0.25) is 9.79 Å². The van der Waals surface area contributed by atoms with Gasteiger partial charge in [-0.25, -0.2) is 0 Å². The van der Waals surface area contributed by atoms with Gasteiger partial charge in [-0.15, -0.1) is 0 Å². The van der Waals surface area contributed by atoms with Gasteiger partial charge in [-0.05, 0) is 73.1 Å². The third-order valence-electron chi connectivity index (χ3n) is 6.41. The Morgan fingerprint density at radius 3 is 2.63 bits per heavy atom. The maximum absolute atomic E-state index is 14.8. The number of hydrogen-bond donors (Lipinski definition) is 2. The van der Waals surface area contributed by atoms with E-state index in [9.17, 15) is 31.9 Å². The molecular formula is C25H23F5N2O3. The van der Waals surface area contributed by atoms with Crippen molar-refractivity contribution in [1.82, 2.24) is 4.98 Å². The summed E-state index contributed by atoms with van der Waals surface area (Å²) in [5, 5.41) is 11.3. The van der Waals surface area contributed by atoms with Crippen LogP contribution in [0.1, 0.15) is 36.3 Å². The molecule has 10 heteroatoms. The molecule has 5 nitrogen and oxygen atoms in total. The van der Waals surface area contributed by atoms with Crippen LogP contribution in [0.4, 0.5) is 27.6 Å². The predicted molar refractivity (Wildman–Crippen MR) is 122 cm³/mol. The second-order valence-corrected chi connectivity index (χ2v) is 8.67. The highest BCUT2D eigenvalue weighted by molar-refractivity contribution is 5.91. The predicted octanol–water partition coefficient (Wildman–Crippen LogP) is 5.68. The van der Waals surface area contributed by atoms with E-state index >= 15 is 0 Å². The molecule has 0 aliphatic heterocycles. The summed E-state index contributed by atoms with van der Waals surface area (Å²) >= 11 is 0. The van der Waals surface area contributed by atoms with Crippen LogP contribution in [0.25, 0.3) is 10.9 Å². The Hall–Kier alpha value is -3.27. The molecule has 186 valence electrons. The number of nitrogens with one attached hydrogen (secondary N) is 1. The summed E-state index contributed by atoms with van der Waals surface area (Å²) in [6.45, 7) is 0. The SMILES string of the molecule is COc1ccc2c(c1)CCCC2CC(O)(/C=N/c1cccc2[nH]c(=O)ccc12)C(F)(F)C(F)(F)F. The van der Waals surface area contributed by atoms with Crippen LogP contribution in [0, 0.1) is 0 Å². The van der Waals surface area contributed by atoms with E-state index in [1.54, 1.807) is 24.3 Å². The van der Waals surface area contributed by atoms with Crippen molar-refractivity contribution in [1.29, 1.82) is 0 Å². The fraction of sp³-hybridized carbons (Fsp3) is 0.360. The number of rotatable bonds is 6. The van der Waals surface area contributed by atoms with Crippen molar-refractivity contribution in [2.75, 3.05) is 7.11 Å². The van der Waals surface area contributed by atoms with E-state index in [2.05, 4.69) is 9.98 Å². The zero-order valence-electron chi connectivity index (χ0n) is 18.7. The average molecular weight is 494 g/mol. The molecule has 0 fully saturated rings. The maximum atomic E-state index is 14.8. The number of aliphatic hydroxyl groups is 1. The van der Waals surface area contributed by atoms with E-state index in [4.69, 9.17) is 4.74 Å². The van der Waals surface area contributed by atoms with E-state index in [0.717, 1.165) is 5.56 Å². The van der Waals surface area contributed by atoms with E-state index in [1.165, 1.54) is 31.4 Å². The molecule has 0 amide bonds. The molecule has 2 unspecified atom stereocenters. The first-order valence-corrected chi connectivity index (χ1v) is 11.0. The molecule has 1 heterocycles. The fourth-order valence-corrected chi connectivity index (χ4v) is 4.57. The van der Waals surface area contributed by atoms with Gasteiger partial charge in [0.25, 0.3) is 0 Å². The minimum Gasteiger partial charge on any atom is -0.497 e. The van der Waals surface area contributed by atoms with Crippen LogP contribution in [-0.2, 0) is 6.42 Å². The summed E-state index contributed by atoms with van der Waals surface area (Å²) in [6.07, 6.45) is -5.08. The number of halogens is 5. The second kappa shape index (κ2) is 9.07. The van der Waals surface area contributed by atoms with Crippen molar-refractivity contribution in [2.24, 2.45) is 4.99 Å². The number of aliphatic imine (C=N–C) groups is 1. The van der Waals surface area contributed by atoms with Crippen LogP contribution >= 0.6 is 0 Å². The van der Waals surface area contributed by atoms with Gasteiger partial charge in [0.2, 0.25) is 5.56 Å². The van der Waals surface area contributed by atoms with E-state index in [0.29, 0.717) is 41.5 Å². The topological polar surface area (TPSA) is 74.7 Å². The minimum atomic E-state index is -6.00. The molecule has 4 rings (SSSR count). The van der Waals surface area contributed by atoms with E-state index in [1.807, 2.05) is 0 Å². The highest BCUT2D eigenvalue weighted by atomic mass is 19.4. The Morgan fingerprint density at radius 1 is 1.14 bits per heavy atom. The number of hydrogen-bond acceptors (Lipinski definition) is 4. The Balaban J connectivity index is 1.77. The summed E-state index contributed by atoms with van der Waals surface area (Å²) in [6, 6.07) is 12.0. The molecule has 0 radical (unpaired) electrons. The smallest absolute Gasteiger partial charge is 0.456 e. The summed E-state index contributed by atoms with van der Waals surface area (Å²) in [4.78, 5) is 18.0. The average Bonchev–Trinajstić information content (AvgIpc) is 2.81. The van der Waals surface area contributed by atoms with Gasteiger partial charge in [-0.1, -0.05) is 12.1 Å². The number of ether oxygens (including phenoxy) is 1. The molecule has 2 aromatic carbocycles. The summed E-state index contributed by atoms with van der Waals surface area (Å²) in [7, 11) is 1.48. The van der Waals surface area contributed by atoms with Crippen molar-refractivity contribution in [3.05, 3.63) is 70.0 Å². The molecule has 3 aromatic rings. The number of benzene rings is 2. The number of pyridine rings is 1. The summed E-state index contributed by atoms with van der Waals surface area (Å²) in [5.41, 5.74) is -2.28. The first-order valence-electron chi connectivity index (χ1n) is 11.0. The van der Waals surface area contributed by atoms with Crippen LogP contribution in [0.15, 0.2) is 58.3 Å². The van der Waals surface area contributed by atoms with Crippen LogP contribution < -0.4 is 10.3 Å².